The minimum Gasteiger partial charge on any atom is -0.481 e. The van der Waals surface area contributed by atoms with Crippen LogP contribution in [0.4, 0.5) is 0 Å². The number of hydrogen-bond donors (Lipinski definition) is 2. The van der Waals surface area contributed by atoms with Gasteiger partial charge in [0.2, 0.25) is 0 Å². The van der Waals surface area contributed by atoms with E-state index in [2.05, 4.69) is 10.3 Å². The second-order valence-electron chi connectivity index (χ2n) is 6.91. The number of aliphatic carboxylic acids is 1. The van der Waals surface area contributed by atoms with Gasteiger partial charge in [0, 0.05) is 12.2 Å². The van der Waals surface area contributed by atoms with E-state index < -0.39 is 5.97 Å². The molecular formula is C20H19N3O4. The van der Waals surface area contributed by atoms with Crippen molar-refractivity contribution in [1.29, 1.82) is 0 Å². The number of carbonyl (C=O) groups is 2. The monoisotopic (exact) mass is 365 g/mol. The van der Waals surface area contributed by atoms with Gasteiger partial charge in [0.1, 0.15) is 0 Å². The summed E-state index contributed by atoms with van der Waals surface area (Å²) in [6, 6.07) is 10.3. The molecular weight excluding hydrogens is 346 g/mol. The Hall–Kier alpha value is -3.22. The fraction of sp³-hybridized carbons (Fsp3) is 0.300. The van der Waals surface area contributed by atoms with E-state index in [9.17, 15) is 14.4 Å². The Morgan fingerprint density at radius 3 is 2.56 bits per heavy atom. The van der Waals surface area contributed by atoms with Crippen LogP contribution >= 0.6 is 0 Å². The fourth-order valence-corrected chi connectivity index (χ4v) is 3.70. The third-order valence-corrected chi connectivity index (χ3v) is 5.20. The number of benzene rings is 1. The van der Waals surface area contributed by atoms with E-state index >= 15 is 0 Å². The molecule has 0 radical (unpaired) electrons. The van der Waals surface area contributed by atoms with E-state index in [-0.39, 0.29) is 23.4 Å². The third-order valence-electron chi connectivity index (χ3n) is 5.20. The first-order valence-electron chi connectivity index (χ1n) is 8.98. The van der Waals surface area contributed by atoms with Crippen molar-refractivity contribution in [3.8, 4) is 0 Å². The molecule has 4 rings (SSSR count). The summed E-state index contributed by atoms with van der Waals surface area (Å²) in [5.41, 5.74) is 0.982. The quantitative estimate of drug-likeness (QED) is 0.693. The van der Waals surface area contributed by atoms with Crippen LogP contribution in [0.15, 0.2) is 47.4 Å². The van der Waals surface area contributed by atoms with Gasteiger partial charge in [0.05, 0.1) is 22.4 Å². The first kappa shape index (κ1) is 17.2. The Labute approximate surface area is 154 Å². The maximum absolute atomic E-state index is 12.8. The molecule has 1 fully saturated rings. The molecule has 0 saturated heterocycles. The van der Waals surface area contributed by atoms with Crippen molar-refractivity contribution in [2.45, 2.75) is 31.7 Å². The fourth-order valence-electron chi connectivity index (χ4n) is 3.70. The van der Waals surface area contributed by atoms with Crippen molar-refractivity contribution in [2.24, 2.45) is 5.92 Å². The molecule has 7 heteroatoms. The van der Waals surface area contributed by atoms with Gasteiger partial charge in [0.15, 0.2) is 5.65 Å². The molecule has 1 saturated carbocycles. The molecule has 27 heavy (non-hydrogen) atoms. The lowest BCUT2D eigenvalue weighted by Gasteiger charge is -2.26. The van der Waals surface area contributed by atoms with Gasteiger partial charge in [-0.2, -0.15) is 0 Å². The van der Waals surface area contributed by atoms with Crippen LogP contribution in [0.1, 0.15) is 36.0 Å². The van der Waals surface area contributed by atoms with Gasteiger partial charge >= 0.3 is 5.97 Å². The Balaban J connectivity index is 1.65. The van der Waals surface area contributed by atoms with E-state index in [1.54, 1.807) is 42.6 Å². The number of aromatic nitrogens is 2. The second-order valence-corrected chi connectivity index (χ2v) is 6.91. The summed E-state index contributed by atoms with van der Waals surface area (Å²) in [6.07, 6.45) is 3.97. The van der Waals surface area contributed by atoms with Crippen LogP contribution in [0.5, 0.6) is 0 Å². The molecule has 0 spiro atoms. The molecule has 7 nitrogen and oxygen atoms in total. The highest BCUT2D eigenvalue weighted by atomic mass is 16.4. The van der Waals surface area contributed by atoms with Gasteiger partial charge in [-0.15, -0.1) is 0 Å². The summed E-state index contributed by atoms with van der Waals surface area (Å²) in [4.78, 5) is 41.1. The first-order chi connectivity index (χ1) is 13.0. The van der Waals surface area contributed by atoms with Crippen LogP contribution in [0.2, 0.25) is 0 Å². The van der Waals surface area contributed by atoms with Gasteiger partial charge in [-0.3, -0.25) is 18.8 Å². The minimum atomic E-state index is -0.774. The zero-order valence-corrected chi connectivity index (χ0v) is 14.6. The largest absolute Gasteiger partial charge is 0.481 e. The molecule has 3 aromatic rings. The van der Waals surface area contributed by atoms with Gasteiger partial charge in [-0.05, 0) is 49.9 Å². The van der Waals surface area contributed by atoms with Crippen LogP contribution in [-0.2, 0) is 4.79 Å². The molecule has 0 bridgehead atoms. The number of nitrogens with one attached hydrogen (secondary N) is 1. The van der Waals surface area contributed by atoms with E-state index in [0.717, 1.165) is 0 Å². The predicted molar refractivity (Wildman–Crippen MR) is 99.8 cm³/mol. The number of nitrogens with zero attached hydrogens (tertiary/aromatic N) is 2. The van der Waals surface area contributed by atoms with Crippen molar-refractivity contribution in [3.05, 3.63) is 58.5 Å². The van der Waals surface area contributed by atoms with Crippen LogP contribution in [-0.4, -0.2) is 32.4 Å². The summed E-state index contributed by atoms with van der Waals surface area (Å²) in [5, 5.41) is 12.6. The number of rotatable bonds is 3. The van der Waals surface area contributed by atoms with E-state index in [4.69, 9.17) is 5.11 Å². The molecule has 0 atom stereocenters. The summed E-state index contributed by atoms with van der Waals surface area (Å²) >= 11 is 0. The number of amides is 1. The Morgan fingerprint density at radius 1 is 1.07 bits per heavy atom. The highest BCUT2D eigenvalue weighted by molar-refractivity contribution is 6.00. The minimum absolute atomic E-state index is 0.0689. The molecule has 0 aliphatic heterocycles. The first-order valence-corrected chi connectivity index (χ1v) is 8.98. The number of hydrogen-bond acceptors (Lipinski definition) is 4. The normalized spacial score (nSPS) is 19.9. The van der Waals surface area contributed by atoms with Gasteiger partial charge in [0.25, 0.3) is 11.5 Å². The van der Waals surface area contributed by atoms with Gasteiger partial charge < -0.3 is 10.4 Å². The van der Waals surface area contributed by atoms with Crippen LogP contribution in [0.3, 0.4) is 0 Å². The van der Waals surface area contributed by atoms with E-state index in [1.807, 2.05) is 0 Å². The number of carboxylic acid groups (broad SMARTS) is 1. The number of carbonyl (C=O) groups excluding carboxylic acids is 1. The SMILES string of the molecule is O=C(N[C@H]1CC[C@@H](C(=O)O)CC1)c1cccn2c(=O)c3ccccc3nc12. The summed E-state index contributed by atoms with van der Waals surface area (Å²) in [5.74, 6) is -1.40. The maximum atomic E-state index is 12.8. The second kappa shape index (κ2) is 6.83. The smallest absolute Gasteiger partial charge is 0.306 e. The molecule has 1 amide bonds. The van der Waals surface area contributed by atoms with Crippen LogP contribution in [0.25, 0.3) is 16.6 Å². The Morgan fingerprint density at radius 2 is 1.81 bits per heavy atom. The maximum Gasteiger partial charge on any atom is 0.306 e. The molecule has 1 aromatic carbocycles. The molecule has 2 N–H and O–H groups in total. The van der Waals surface area contributed by atoms with Crippen molar-refractivity contribution in [2.75, 3.05) is 0 Å². The van der Waals surface area contributed by atoms with Crippen LogP contribution in [0, 0.1) is 5.92 Å². The van der Waals surface area contributed by atoms with Crippen molar-refractivity contribution in [3.63, 3.8) is 0 Å². The molecule has 1 aliphatic rings. The lowest BCUT2D eigenvalue weighted by molar-refractivity contribution is -0.142. The average molecular weight is 365 g/mol. The van der Waals surface area contributed by atoms with E-state index in [1.165, 1.54) is 4.40 Å². The average Bonchev–Trinajstić information content (AvgIpc) is 2.68. The highest BCUT2D eigenvalue weighted by Crippen LogP contribution is 2.25. The summed E-state index contributed by atoms with van der Waals surface area (Å²) < 4.78 is 1.39. The zero-order chi connectivity index (χ0) is 19.0. The summed E-state index contributed by atoms with van der Waals surface area (Å²) in [6.45, 7) is 0. The Bertz CT molecular complexity index is 1100. The van der Waals surface area contributed by atoms with Crippen LogP contribution < -0.4 is 10.9 Å². The predicted octanol–water partition coefficient (Wildman–Crippen LogP) is 2.22. The number of pyridine rings is 1. The molecule has 2 aromatic heterocycles. The Kier molecular flexibility index (Phi) is 4.35. The lowest BCUT2D eigenvalue weighted by Crippen LogP contribution is -2.39. The van der Waals surface area contributed by atoms with Crippen molar-refractivity contribution >= 4 is 28.4 Å². The van der Waals surface area contributed by atoms with E-state index in [0.29, 0.717) is 47.8 Å². The zero-order valence-electron chi connectivity index (χ0n) is 14.6. The molecule has 138 valence electrons. The van der Waals surface area contributed by atoms with Crippen molar-refractivity contribution < 1.29 is 14.7 Å². The standard InChI is InChI=1S/C20H19N3O4/c24-18(21-13-9-7-12(8-10-13)20(26)27)15-5-3-11-23-17(15)22-16-6-2-1-4-14(16)19(23)25/h1-6,11-13H,7-10H2,(H,21,24)(H,26,27)/t12-,13+. The topological polar surface area (TPSA) is 101 Å². The molecule has 0 unspecified atom stereocenters. The molecule has 2 heterocycles. The number of fused-ring (bicyclic) bond motifs is 2. The lowest BCUT2D eigenvalue weighted by atomic mass is 9.86. The van der Waals surface area contributed by atoms with Crippen molar-refractivity contribution in [1.82, 2.24) is 14.7 Å². The highest BCUT2D eigenvalue weighted by Gasteiger charge is 2.27. The molecule has 1 aliphatic carbocycles. The van der Waals surface area contributed by atoms with Gasteiger partial charge in [-0.25, -0.2) is 4.98 Å². The number of para-hydroxylation sites is 1. The summed E-state index contributed by atoms with van der Waals surface area (Å²) in [7, 11) is 0. The van der Waals surface area contributed by atoms with Gasteiger partial charge in [-0.1, -0.05) is 12.1 Å². The number of carboxylic acids is 1. The third kappa shape index (κ3) is 3.16.